The van der Waals surface area contributed by atoms with Crippen LogP contribution in [0.15, 0.2) is 42.5 Å². The Morgan fingerprint density at radius 3 is 2.39 bits per heavy atom. The van der Waals surface area contributed by atoms with Gasteiger partial charge in [0.2, 0.25) is 10.0 Å². The summed E-state index contributed by atoms with van der Waals surface area (Å²) in [6.45, 7) is 0.255. The molecule has 1 fully saturated rings. The lowest BCUT2D eigenvalue weighted by Crippen LogP contribution is -2.22. The summed E-state index contributed by atoms with van der Waals surface area (Å²) in [4.78, 5) is 0. The van der Waals surface area contributed by atoms with E-state index >= 15 is 0 Å². The van der Waals surface area contributed by atoms with Gasteiger partial charge in [0.1, 0.15) is 11.8 Å². The second-order valence-electron chi connectivity index (χ2n) is 7.77. The molecule has 1 aliphatic carbocycles. The van der Waals surface area contributed by atoms with Crippen molar-refractivity contribution in [3.05, 3.63) is 48.0 Å². The van der Waals surface area contributed by atoms with Crippen LogP contribution in [-0.4, -0.2) is 24.8 Å². The summed E-state index contributed by atoms with van der Waals surface area (Å²) >= 11 is 0. The van der Waals surface area contributed by atoms with Crippen molar-refractivity contribution < 1.29 is 21.9 Å². The average Bonchev–Trinajstić information content (AvgIpc) is 3.49. The molecule has 0 spiro atoms. The average molecular weight is 445 g/mol. The number of nitriles is 1. The summed E-state index contributed by atoms with van der Waals surface area (Å²) in [6, 6.07) is 13.8. The Morgan fingerprint density at radius 1 is 1.16 bits per heavy atom. The van der Waals surface area contributed by atoms with Crippen LogP contribution in [0.2, 0.25) is 0 Å². The number of rotatable bonds is 7. The number of benzene rings is 2. The van der Waals surface area contributed by atoms with Crippen LogP contribution in [-0.2, 0) is 10.0 Å². The van der Waals surface area contributed by atoms with Crippen LogP contribution < -0.4 is 9.46 Å². The second-order valence-corrected chi connectivity index (χ2v) is 10.0. The summed E-state index contributed by atoms with van der Waals surface area (Å²) in [5, 5.41) is 9.96. The maximum atomic E-state index is 12.7. The molecule has 0 aliphatic heterocycles. The molecular weight excluding hydrogens is 424 g/mol. The minimum absolute atomic E-state index is 0.0383. The molecule has 1 heterocycles. The third-order valence-corrected chi connectivity index (χ3v) is 7.03. The molecule has 0 saturated heterocycles. The van der Waals surface area contributed by atoms with Gasteiger partial charge in [-0.25, -0.2) is 8.42 Å². The summed E-state index contributed by atoms with van der Waals surface area (Å²) in [7, 11) is -3.47. The van der Waals surface area contributed by atoms with E-state index in [0.717, 1.165) is 18.4 Å². The fourth-order valence-corrected chi connectivity index (χ4v) is 4.25. The maximum Gasteiger partial charge on any atom is 0.387 e. The zero-order valence-electron chi connectivity index (χ0n) is 17.0. The highest BCUT2D eigenvalue weighted by atomic mass is 32.2. The van der Waals surface area contributed by atoms with Crippen LogP contribution in [0.4, 0.5) is 14.5 Å². The first-order chi connectivity index (χ1) is 14.7. The Labute approximate surface area is 179 Å². The number of nitrogens with one attached hydrogen (secondary N) is 1. The smallest absolute Gasteiger partial charge is 0.387 e. The lowest BCUT2D eigenvalue weighted by atomic mass is 10.1. The van der Waals surface area contributed by atoms with Gasteiger partial charge in [0, 0.05) is 23.2 Å². The lowest BCUT2D eigenvalue weighted by Gasteiger charge is -2.13. The number of sulfonamides is 1. The monoisotopic (exact) mass is 445 g/mol. The maximum absolute atomic E-state index is 12.7. The summed E-state index contributed by atoms with van der Waals surface area (Å²) in [6.07, 6.45) is 1.85. The number of halogens is 2. The highest BCUT2D eigenvalue weighted by molar-refractivity contribution is 7.93. The van der Waals surface area contributed by atoms with Crippen LogP contribution in [0.25, 0.3) is 22.2 Å². The van der Waals surface area contributed by atoms with Gasteiger partial charge in [-0.1, -0.05) is 12.1 Å². The van der Waals surface area contributed by atoms with Crippen molar-refractivity contribution in [2.24, 2.45) is 0 Å². The molecule has 0 amide bonds. The third kappa shape index (κ3) is 4.08. The normalized spacial score (nSPS) is 14.2. The molecule has 3 aromatic rings. The van der Waals surface area contributed by atoms with Gasteiger partial charge in [-0.3, -0.25) is 4.72 Å². The van der Waals surface area contributed by atoms with E-state index in [1.165, 1.54) is 12.1 Å². The molecule has 31 heavy (non-hydrogen) atoms. The molecule has 0 atom stereocenters. The minimum atomic E-state index is -3.47. The number of anilines is 1. The van der Waals surface area contributed by atoms with Crippen molar-refractivity contribution in [1.29, 1.82) is 5.26 Å². The van der Waals surface area contributed by atoms with Crippen molar-refractivity contribution in [2.45, 2.75) is 44.6 Å². The molecule has 162 valence electrons. The third-order valence-electron chi connectivity index (χ3n) is 5.26. The SMILES string of the molecule is CC(C)S(=O)(=O)Nc1ccc(-c2c(C#N)c3ccc(OC(F)F)cc3n2C2CC2)cc1. The van der Waals surface area contributed by atoms with Crippen molar-refractivity contribution in [3.8, 4) is 23.1 Å². The van der Waals surface area contributed by atoms with Crippen LogP contribution in [0.3, 0.4) is 0 Å². The molecule has 0 bridgehead atoms. The highest BCUT2D eigenvalue weighted by Crippen LogP contribution is 2.45. The molecule has 0 radical (unpaired) electrons. The van der Waals surface area contributed by atoms with Gasteiger partial charge in [-0.05, 0) is 56.5 Å². The molecule has 6 nitrogen and oxygen atoms in total. The summed E-state index contributed by atoms with van der Waals surface area (Å²) in [5.74, 6) is 0.0383. The second kappa shape index (κ2) is 7.85. The molecule has 4 rings (SSSR count). The van der Waals surface area contributed by atoms with E-state index in [1.807, 2.05) is 4.57 Å². The Bertz CT molecular complexity index is 1270. The van der Waals surface area contributed by atoms with Crippen molar-refractivity contribution in [3.63, 3.8) is 0 Å². The number of alkyl halides is 2. The van der Waals surface area contributed by atoms with Gasteiger partial charge in [0.05, 0.1) is 22.0 Å². The standard InChI is InChI=1S/C22H21F2N3O3S/c1-13(2)31(28,29)26-15-5-3-14(4-6-15)21-19(12-25)18-10-9-17(30-22(23)24)11-20(18)27(21)16-7-8-16/h3-6,9-11,13,16,22,26H,7-8H2,1-2H3. The van der Waals surface area contributed by atoms with Crippen molar-refractivity contribution >= 4 is 26.6 Å². The summed E-state index contributed by atoms with van der Waals surface area (Å²) in [5.41, 5.74) is 2.96. The van der Waals surface area contributed by atoms with Gasteiger partial charge in [-0.2, -0.15) is 14.0 Å². The van der Waals surface area contributed by atoms with Crippen LogP contribution in [0, 0.1) is 11.3 Å². The molecule has 2 aromatic carbocycles. The zero-order valence-corrected chi connectivity index (χ0v) is 17.8. The van der Waals surface area contributed by atoms with Gasteiger partial charge in [-0.15, -0.1) is 0 Å². The Hall–Kier alpha value is -3.12. The van der Waals surface area contributed by atoms with E-state index in [9.17, 15) is 22.5 Å². The molecule has 1 aliphatic rings. The Kier molecular flexibility index (Phi) is 5.35. The van der Waals surface area contributed by atoms with E-state index < -0.39 is 21.9 Å². The molecule has 0 unspecified atom stereocenters. The van der Waals surface area contributed by atoms with E-state index in [-0.39, 0.29) is 11.8 Å². The Morgan fingerprint density at radius 2 is 1.84 bits per heavy atom. The van der Waals surface area contributed by atoms with Gasteiger partial charge >= 0.3 is 6.61 Å². The predicted molar refractivity (Wildman–Crippen MR) is 115 cm³/mol. The summed E-state index contributed by atoms with van der Waals surface area (Å²) < 4.78 is 58.7. The van der Waals surface area contributed by atoms with Crippen LogP contribution in [0.1, 0.15) is 38.3 Å². The molecule has 1 N–H and O–H groups in total. The minimum Gasteiger partial charge on any atom is -0.435 e. The largest absolute Gasteiger partial charge is 0.435 e. The first-order valence-corrected chi connectivity index (χ1v) is 11.4. The number of fused-ring (bicyclic) bond motifs is 1. The fourth-order valence-electron chi connectivity index (χ4n) is 3.55. The molecule has 1 aromatic heterocycles. The number of aromatic nitrogens is 1. The lowest BCUT2D eigenvalue weighted by molar-refractivity contribution is -0.0497. The topological polar surface area (TPSA) is 84.1 Å². The van der Waals surface area contributed by atoms with E-state index in [2.05, 4.69) is 15.5 Å². The number of ether oxygens (including phenoxy) is 1. The molecular formula is C22H21F2N3O3S. The first kappa shape index (κ1) is 21.1. The molecule has 9 heteroatoms. The first-order valence-electron chi connectivity index (χ1n) is 9.86. The number of nitrogens with zero attached hydrogens (tertiary/aromatic N) is 2. The number of hydrogen-bond acceptors (Lipinski definition) is 4. The quantitative estimate of drug-likeness (QED) is 0.537. The van der Waals surface area contributed by atoms with E-state index in [4.69, 9.17) is 0 Å². The van der Waals surface area contributed by atoms with Gasteiger partial charge in [0.15, 0.2) is 0 Å². The zero-order chi connectivity index (χ0) is 22.3. The van der Waals surface area contributed by atoms with Crippen molar-refractivity contribution in [1.82, 2.24) is 4.57 Å². The molecule has 1 saturated carbocycles. The predicted octanol–water partition coefficient (Wildman–Crippen LogP) is 5.27. The highest BCUT2D eigenvalue weighted by Gasteiger charge is 2.31. The number of hydrogen-bond donors (Lipinski definition) is 1. The van der Waals surface area contributed by atoms with Crippen LogP contribution in [0.5, 0.6) is 5.75 Å². The Balaban J connectivity index is 1.82. The van der Waals surface area contributed by atoms with Gasteiger partial charge < -0.3 is 9.30 Å². The van der Waals surface area contributed by atoms with E-state index in [0.29, 0.717) is 27.8 Å². The van der Waals surface area contributed by atoms with Crippen molar-refractivity contribution in [2.75, 3.05) is 4.72 Å². The fraction of sp³-hybridized carbons (Fsp3) is 0.318. The van der Waals surface area contributed by atoms with E-state index in [1.54, 1.807) is 44.2 Å². The van der Waals surface area contributed by atoms with Gasteiger partial charge in [0.25, 0.3) is 0 Å². The van der Waals surface area contributed by atoms with Crippen LogP contribution >= 0.6 is 0 Å².